The molecule has 0 amide bonds. The summed E-state index contributed by atoms with van der Waals surface area (Å²) in [6.45, 7) is 11.5. The van der Waals surface area contributed by atoms with Crippen molar-refractivity contribution in [1.29, 1.82) is 0 Å². The molecule has 0 atom stereocenters. The third-order valence-electron chi connectivity index (χ3n) is 1.61. The van der Waals surface area contributed by atoms with Gasteiger partial charge in [0.2, 0.25) is 0 Å². The topological polar surface area (TPSA) is 12.5 Å². The maximum Gasteiger partial charge on any atom is 0.0600 e. The number of hydrogen-bond acceptors (Lipinski definition) is 2. The van der Waals surface area contributed by atoms with Crippen molar-refractivity contribution < 1.29 is 4.74 Å². The first-order chi connectivity index (χ1) is 5.45. The van der Waals surface area contributed by atoms with Crippen molar-refractivity contribution in [2.45, 2.75) is 39.7 Å². The quantitative estimate of drug-likeness (QED) is 0.631. The van der Waals surface area contributed by atoms with E-state index in [1.807, 2.05) is 0 Å². The second-order valence-electron chi connectivity index (χ2n) is 4.26. The van der Waals surface area contributed by atoms with E-state index in [-0.39, 0.29) is 5.60 Å². The Morgan fingerprint density at radius 1 is 1.17 bits per heavy atom. The van der Waals surface area contributed by atoms with Crippen LogP contribution in [-0.4, -0.2) is 37.2 Å². The molecule has 0 saturated heterocycles. The molecule has 0 fully saturated rings. The third kappa shape index (κ3) is 8.02. The molecule has 0 heterocycles. The third-order valence-corrected chi connectivity index (χ3v) is 1.61. The SMILES string of the molecule is CCCN(C)CCOC(C)(C)C. The Hall–Kier alpha value is -0.0800. The summed E-state index contributed by atoms with van der Waals surface area (Å²) >= 11 is 0. The van der Waals surface area contributed by atoms with E-state index in [4.69, 9.17) is 4.74 Å². The Morgan fingerprint density at radius 3 is 2.17 bits per heavy atom. The van der Waals surface area contributed by atoms with Crippen molar-refractivity contribution in [3.63, 3.8) is 0 Å². The van der Waals surface area contributed by atoms with Gasteiger partial charge in [0.05, 0.1) is 12.2 Å². The molecule has 0 rings (SSSR count). The highest BCUT2D eigenvalue weighted by Gasteiger charge is 2.09. The van der Waals surface area contributed by atoms with Gasteiger partial charge in [0.15, 0.2) is 0 Å². The molecular weight excluding hydrogens is 150 g/mol. The molecule has 0 aliphatic heterocycles. The van der Waals surface area contributed by atoms with Crippen LogP contribution in [0.2, 0.25) is 0 Å². The van der Waals surface area contributed by atoms with Gasteiger partial charge in [0.1, 0.15) is 0 Å². The molecule has 12 heavy (non-hydrogen) atoms. The molecule has 0 saturated carbocycles. The Kier molecular flexibility index (Phi) is 5.51. The van der Waals surface area contributed by atoms with E-state index < -0.39 is 0 Å². The predicted octanol–water partition coefficient (Wildman–Crippen LogP) is 2.14. The molecule has 0 N–H and O–H groups in total. The first-order valence-corrected chi connectivity index (χ1v) is 4.78. The zero-order chi connectivity index (χ0) is 9.61. The van der Waals surface area contributed by atoms with Crippen LogP contribution in [0.1, 0.15) is 34.1 Å². The Bertz CT molecular complexity index is 107. The lowest BCUT2D eigenvalue weighted by molar-refractivity contribution is -0.0106. The van der Waals surface area contributed by atoms with Gasteiger partial charge in [0.25, 0.3) is 0 Å². The molecule has 0 unspecified atom stereocenters. The maximum atomic E-state index is 5.60. The van der Waals surface area contributed by atoms with Crippen LogP contribution >= 0.6 is 0 Å². The van der Waals surface area contributed by atoms with E-state index in [1.165, 1.54) is 6.42 Å². The van der Waals surface area contributed by atoms with E-state index >= 15 is 0 Å². The van der Waals surface area contributed by atoms with E-state index in [1.54, 1.807) is 0 Å². The standard InChI is InChI=1S/C10H23NO/c1-6-7-11(5)8-9-12-10(2,3)4/h6-9H2,1-5H3. The van der Waals surface area contributed by atoms with Crippen molar-refractivity contribution in [3.05, 3.63) is 0 Å². The Labute approximate surface area is 76.9 Å². The summed E-state index contributed by atoms with van der Waals surface area (Å²) in [6, 6.07) is 0. The molecule has 0 aliphatic carbocycles. The lowest BCUT2D eigenvalue weighted by Crippen LogP contribution is -2.28. The van der Waals surface area contributed by atoms with Gasteiger partial charge in [-0.2, -0.15) is 0 Å². The fraction of sp³-hybridized carbons (Fsp3) is 1.00. The molecule has 0 aromatic heterocycles. The van der Waals surface area contributed by atoms with Crippen LogP contribution in [-0.2, 0) is 4.74 Å². The van der Waals surface area contributed by atoms with Crippen molar-refractivity contribution >= 4 is 0 Å². The molecule has 0 aromatic rings. The van der Waals surface area contributed by atoms with Crippen LogP contribution in [0.4, 0.5) is 0 Å². The van der Waals surface area contributed by atoms with Gasteiger partial charge in [-0.15, -0.1) is 0 Å². The van der Waals surface area contributed by atoms with Crippen LogP contribution in [0, 0.1) is 0 Å². The monoisotopic (exact) mass is 173 g/mol. The van der Waals surface area contributed by atoms with E-state index in [9.17, 15) is 0 Å². The normalized spacial score (nSPS) is 12.5. The minimum Gasteiger partial charge on any atom is -0.375 e. The second-order valence-corrected chi connectivity index (χ2v) is 4.26. The van der Waals surface area contributed by atoms with Gasteiger partial charge in [0, 0.05) is 6.54 Å². The average molecular weight is 173 g/mol. The lowest BCUT2D eigenvalue weighted by atomic mass is 10.2. The summed E-state index contributed by atoms with van der Waals surface area (Å²) < 4.78 is 5.60. The lowest BCUT2D eigenvalue weighted by Gasteiger charge is -2.22. The highest BCUT2D eigenvalue weighted by molar-refractivity contribution is 4.59. The number of ether oxygens (including phenoxy) is 1. The first-order valence-electron chi connectivity index (χ1n) is 4.78. The Balaban J connectivity index is 3.31. The zero-order valence-electron chi connectivity index (χ0n) is 9.18. The van der Waals surface area contributed by atoms with Crippen LogP contribution in [0.5, 0.6) is 0 Å². The highest BCUT2D eigenvalue weighted by Crippen LogP contribution is 2.05. The van der Waals surface area contributed by atoms with Crippen molar-refractivity contribution in [2.75, 3.05) is 26.7 Å². The van der Waals surface area contributed by atoms with Crippen LogP contribution in [0.15, 0.2) is 0 Å². The molecule has 0 bridgehead atoms. The van der Waals surface area contributed by atoms with Gasteiger partial charge < -0.3 is 9.64 Å². The summed E-state index contributed by atoms with van der Waals surface area (Å²) in [4.78, 5) is 2.30. The van der Waals surface area contributed by atoms with E-state index in [2.05, 4.69) is 39.6 Å². The zero-order valence-corrected chi connectivity index (χ0v) is 9.18. The summed E-state index contributed by atoms with van der Waals surface area (Å²) in [5.74, 6) is 0. The minimum absolute atomic E-state index is 0.00700. The molecule has 74 valence electrons. The second kappa shape index (κ2) is 5.55. The molecule has 0 aromatic carbocycles. The minimum atomic E-state index is 0.00700. The smallest absolute Gasteiger partial charge is 0.0600 e. The predicted molar refractivity (Wildman–Crippen MR) is 53.5 cm³/mol. The molecular formula is C10H23NO. The summed E-state index contributed by atoms with van der Waals surface area (Å²) in [5, 5.41) is 0. The number of rotatable bonds is 5. The number of nitrogens with zero attached hydrogens (tertiary/aromatic N) is 1. The van der Waals surface area contributed by atoms with Crippen molar-refractivity contribution in [2.24, 2.45) is 0 Å². The Morgan fingerprint density at radius 2 is 1.75 bits per heavy atom. The molecule has 0 aliphatic rings. The maximum absolute atomic E-state index is 5.60. The summed E-state index contributed by atoms with van der Waals surface area (Å²) in [5.41, 5.74) is 0.00700. The molecule has 2 nitrogen and oxygen atoms in total. The average Bonchev–Trinajstić information content (AvgIpc) is 1.84. The largest absolute Gasteiger partial charge is 0.375 e. The number of hydrogen-bond donors (Lipinski definition) is 0. The molecule has 2 heteroatoms. The summed E-state index contributed by atoms with van der Waals surface area (Å²) in [6.07, 6.45) is 1.21. The van der Waals surface area contributed by atoms with Gasteiger partial charge in [-0.25, -0.2) is 0 Å². The van der Waals surface area contributed by atoms with Crippen LogP contribution < -0.4 is 0 Å². The fourth-order valence-corrected chi connectivity index (χ4v) is 1.00. The molecule has 0 spiro atoms. The van der Waals surface area contributed by atoms with Gasteiger partial charge in [-0.3, -0.25) is 0 Å². The van der Waals surface area contributed by atoms with Gasteiger partial charge >= 0.3 is 0 Å². The van der Waals surface area contributed by atoms with Crippen molar-refractivity contribution in [1.82, 2.24) is 4.90 Å². The van der Waals surface area contributed by atoms with Crippen molar-refractivity contribution in [3.8, 4) is 0 Å². The van der Waals surface area contributed by atoms with Crippen LogP contribution in [0.25, 0.3) is 0 Å². The fourth-order valence-electron chi connectivity index (χ4n) is 1.00. The first kappa shape index (κ1) is 11.9. The van der Waals surface area contributed by atoms with E-state index in [0.717, 1.165) is 19.7 Å². The highest BCUT2D eigenvalue weighted by atomic mass is 16.5. The van der Waals surface area contributed by atoms with Gasteiger partial charge in [-0.05, 0) is 40.8 Å². The van der Waals surface area contributed by atoms with Crippen LogP contribution in [0.3, 0.4) is 0 Å². The van der Waals surface area contributed by atoms with Gasteiger partial charge in [-0.1, -0.05) is 6.92 Å². The molecule has 0 radical (unpaired) electrons. The number of likely N-dealkylation sites (N-methyl/N-ethyl adjacent to an activating group) is 1. The summed E-state index contributed by atoms with van der Waals surface area (Å²) in [7, 11) is 2.13. The van der Waals surface area contributed by atoms with E-state index in [0.29, 0.717) is 0 Å².